The van der Waals surface area contributed by atoms with Gasteiger partial charge in [-0.25, -0.2) is 0 Å². The molecule has 0 heterocycles. The molecule has 0 fully saturated rings. The Labute approximate surface area is 134 Å². The number of halogens is 4. The van der Waals surface area contributed by atoms with Gasteiger partial charge in [0.05, 0.1) is 37.5 Å². The monoisotopic (exact) mass is 364 g/mol. The lowest BCUT2D eigenvalue weighted by Crippen LogP contribution is -2.66. The normalized spacial score (nSPS) is 13.6. The Kier molecular flexibility index (Phi) is 7.12. The van der Waals surface area contributed by atoms with Gasteiger partial charge in [0, 0.05) is 0 Å². The van der Waals surface area contributed by atoms with Crippen LogP contribution in [0.3, 0.4) is 0 Å². The van der Waals surface area contributed by atoms with Gasteiger partial charge in [0.1, 0.15) is 0 Å². The van der Waals surface area contributed by atoms with Crippen LogP contribution < -0.4 is 10.6 Å². The average Bonchev–Trinajstić information content (AvgIpc) is 2.53. The number of hydrogen-bond donors (Lipinski definition) is 6. The van der Waals surface area contributed by atoms with Crippen molar-refractivity contribution in [2.75, 3.05) is 26.4 Å². The third-order valence-electron chi connectivity index (χ3n) is 3.19. The van der Waals surface area contributed by atoms with Gasteiger partial charge in [-0.1, -0.05) is 0 Å². The van der Waals surface area contributed by atoms with Crippen LogP contribution in [0.1, 0.15) is 13.8 Å². The van der Waals surface area contributed by atoms with Crippen molar-refractivity contribution in [3.63, 3.8) is 0 Å². The van der Waals surface area contributed by atoms with Crippen molar-refractivity contribution in [2.24, 2.45) is 0 Å². The summed E-state index contributed by atoms with van der Waals surface area (Å²) < 4.78 is 54.9. The third-order valence-corrected chi connectivity index (χ3v) is 3.19. The summed E-state index contributed by atoms with van der Waals surface area (Å²) in [5, 5.41) is 38.2. The quantitative estimate of drug-likeness (QED) is 0.261. The van der Waals surface area contributed by atoms with Crippen molar-refractivity contribution in [1.82, 2.24) is 10.6 Å². The molecule has 24 heavy (non-hydrogen) atoms. The molecule has 6 N–H and O–H groups in total. The van der Waals surface area contributed by atoms with Crippen molar-refractivity contribution in [2.45, 2.75) is 36.8 Å². The second kappa shape index (κ2) is 7.59. The van der Waals surface area contributed by atoms with Crippen LogP contribution in [0.5, 0.6) is 0 Å². The summed E-state index contributed by atoms with van der Waals surface area (Å²) in [6.45, 7) is -2.31. The summed E-state index contributed by atoms with van der Waals surface area (Å²) in [6.07, 6.45) is 0. The Morgan fingerprint density at radius 3 is 1.08 bits per heavy atom. The standard InChI is InChI=1S/C12H20F4N2O6/c1-9(3-19,4-20)17-7(23)11(13,14)12(15,16)8(24)18-10(2,5-21)6-22/h19-22H,3-6H2,1-2H3,(H,17,23)(H,18,24). The Bertz CT molecular complexity index is 424. The SMILES string of the molecule is CC(CO)(CO)NC(=O)C(F)(F)C(F)(F)C(=O)NC(C)(CO)CO. The molecule has 0 saturated carbocycles. The highest BCUT2D eigenvalue weighted by Crippen LogP contribution is 2.35. The first kappa shape index (κ1) is 22.5. The minimum atomic E-state index is -5.53. The fraction of sp³-hybridized carbons (Fsp3) is 0.833. The number of carbonyl (C=O) groups is 2. The second-order valence-electron chi connectivity index (χ2n) is 5.81. The van der Waals surface area contributed by atoms with Gasteiger partial charge in [0.15, 0.2) is 0 Å². The zero-order valence-corrected chi connectivity index (χ0v) is 12.9. The molecule has 0 rings (SSSR count). The van der Waals surface area contributed by atoms with E-state index in [0.717, 1.165) is 13.8 Å². The smallest absolute Gasteiger partial charge is 0.394 e. The zero-order chi connectivity index (χ0) is 19.4. The second-order valence-corrected chi connectivity index (χ2v) is 5.81. The van der Waals surface area contributed by atoms with Crippen molar-refractivity contribution in [3.8, 4) is 0 Å². The van der Waals surface area contributed by atoms with E-state index in [9.17, 15) is 27.2 Å². The first-order valence-electron chi connectivity index (χ1n) is 6.59. The Morgan fingerprint density at radius 1 is 0.708 bits per heavy atom. The number of aliphatic hydroxyl groups is 4. The van der Waals surface area contributed by atoms with Crippen LogP contribution in [-0.2, 0) is 9.59 Å². The lowest BCUT2D eigenvalue weighted by molar-refractivity contribution is -0.214. The van der Waals surface area contributed by atoms with E-state index in [4.69, 9.17) is 20.4 Å². The van der Waals surface area contributed by atoms with E-state index in [1.807, 2.05) is 0 Å². The van der Waals surface area contributed by atoms with Crippen LogP contribution in [0.25, 0.3) is 0 Å². The van der Waals surface area contributed by atoms with E-state index in [2.05, 4.69) is 0 Å². The summed E-state index contributed by atoms with van der Waals surface area (Å²) in [4.78, 5) is 22.8. The summed E-state index contributed by atoms with van der Waals surface area (Å²) in [5.41, 5.74) is -4.03. The largest absolute Gasteiger partial charge is 0.395 e. The topological polar surface area (TPSA) is 139 Å². The fourth-order valence-electron chi connectivity index (χ4n) is 1.25. The minimum absolute atomic E-state index is 0.910. The molecule has 0 aromatic rings. The lowest BCUT2D eigenvalue weighted by Gasteiger charge is -2.33. The number of carbonyl (C=O) groups excluding carboxylic acids is 2. The highest BCUT2D eigenvalue weighted by molar-refractivity contribution is 5.95. The maximum Gasteiger partial charge on any atom is 0.395 e. The molecular weight excluding hydrogens is 344 g/mol. The molecular formula is C12H20F4N2O6. The Morgan fingerprint density at radius 2 is 0.917 bits per heavy atom. The maximum absolute atomic E-state index is 13.7. The number of rotatable bonds is 9. The van der Waals surface area contributed by atoms with Gasteiger partial charge in [-0.3, -0.25) is 9.59 Å². The number of nitrogens with one attached hydrogen (secondary N) is 2. The maximum atomic E-state index is 13.7. The number of aliphatic hydroxyl groups excluding tert-OH is 4. The summed E-state index contributed by atoms with van der Waals surface area (Å²) in [7, 11) is 0. The van der Waals surface area contributed by atoms with Gasteiger partial charge < -0.3 is 31.1 Å². The number of hydrogen-bond acceptors (Lipinski definition) is 6. The molecule has 142 valence electrons. The highest BCUT2D eigenvalue weighted by atomic mass is 19.3. The van der Waals surface area contributed by atoms with E-state index < -0.39 is 61.2 Å². The average molecular weight is 364 g/mol. The Balaban J connectivity index is 5.43. The molecule has 0 aliphatic rings. The predicted molar refractivity (Wildman–Crippen MR) is 71.3 cm³/mol. The van der Waals surface area contributed by atoms with Crippen LogP contribution in [0.4, 0.5) is 17.6 Å². The van der Waals surface area contributed by atoms with E-state index in [1.165, 1.54) is 10.6 Å². The summed E-state index contributed by atoms with van der Waals surface area (Å²) in [5.74, 6) is -16.3. The van der Waals surface area contributed by atoms with Crippen LogP contribution >= 0.6 is 0 Å². The fourth-order valence-corrected chi connectivity index (χ4v) is 1.25. The lowest BCUT2D eigenvalue weighted by atomic mass is 10.0. The number of alkyl halides is 4. The van der Waals surface area contributed by atoms with Gasteiger partial charge in [0.25, 0.3) is 11.8 Å². The van der Waals surface area contributed by atoms with Crippen molar-refractivity contribution in [3.05, 3.63) is 0 Å². The van der Waals surface area contributed by atoms with Gasteiger partial charge in [-0.15, -0.1) is 0 Å². The van der Waals surface area contributed by atoms with Crippen molar-refractivity contribution in [1.29, 1.82) is 0 Å². The zero-order valence-electron chi connectivity index (χ0n) is 12.9. The summed E-state index contributed by atoms with van der Waals surface area (Å²) >= 11 is 0. The van der Waals surface area contributed by atoms with E-state index in [-0.39, 0.29) is 0 Å². The first-order valence-corrected chi connectivity index (χ1v) is 6.59. The molecule has 8 nitrogen and oxygen atoms in total. The van der Waals surface area contributed by atoms with E-state index in [0.29, 0.717) is 0 Å². The highest BCUT2D eigenvalue weighted by Gasteiger charge is 2.67. The van der Waals surface area contributed by atoms with Crippen molar-refractivity contribution >= 4 is 11.8 Å². The molecule has 2 amide bonds. The number of amides is 2. The molecule has 12 heteroatoms. The molecule has 0 aliphatic heterocycles. The van der Waals surface area contributed by atoms with E-state index in [1.54, 1.807) is 0 Å². The van der Waals surface area contributed by atoms with Gasteiger partial charge >= 0.3 is 11.8 Å². The molecule has 0 spiro atoms. The van der Waals surface area contributed by atoms with Gasteiger partial charge in [-0.05, 0) is 13.8 Å². The van der Waals surface area contributed by atoms with Crippen LogP contribution in [0, 0.1) is 0 Å². The van der Waals surface area contributed by atoms with Crippen LogP contribution in [0.15, 0.2) is 0 Å². The molecule has 0 unspecified atom stereocenters. The molecule has 0 aromatic heterocycles. The van der Waals surface area contributed by atoms with Crippen LogP contribution in [-0.4, -0.2) is 81.6 Å². The van der Waals surface area contributed by atoms with E-state index >= 15 is 0 Å². The summed E-state index contributed by atoms with van der Waals surface area (Å²) in [6, 6.07) is 0. The third kappa shape index (κ3) is 4.53. The molecule has 0 aliphatic carbocycles. The molecule has 0 aromatic carbocycles. The van der Waals surface area contributed by atoms with Crippen molar-refractivity contribution < 1.29 is 47.6 Å². The molecule has 0 saturated heterocycles. The van der Waals surface area contributed by atoms with Gasteiger partial charge in [-0.2, -0.15) is 17.6 Å². The molecule has 0 atom stereocenters. The minimum Gasteiger partial charge on any atom is -0.394 e. The van der Waals surface area contributed by atoms with Crippen LogP contribution in [0.2, 0.25) is 0 Å². The molecule has 0 bridgehead atoms. The Hall–Kier alpha value is -1.50. The predicted octanol–water partition coefficient (Wildman–Crippen LogP) is -2.02. The first-order chi connectivity index (χ1) is 10.7. The molecule has 0 radical (unpaired) electrons. The van der Waals surface area contributed by atoms with Gasteiger partial charge in [0.2, 0.25) is 0 Å².